The fraction of sp³-hybridized carbons (Fsp3) is 0.611. The Morgan fingerprint density at radius 3 is 2.26 bits per heavy atom. The summed E-state index contributed by atoms with van der Waals surface area (Å²) in [6, 6.07) is 7.23. The molecule has 2 aliphatic rings. The third-order valence-corrected chi connectivity index (χ3v) is 7.79. The van der Waals surface area contributed by atoms with E-state index in [9.17, 15) is 13.2 Å². The average Bonchev–Trinajstić information content (AvgIpc) is 3.25. The molecule has 2 atom stereocenters. The second-order valence-electron chi connectivity index (χ2n) is 7.42. The number of carbonyl (C=O) groups excluding carboxylic acids is 1. The Hall–Kier alpha value is -1.68. The fourth-order valence-corrected chi connectivity index (χ4v) is 5.69. The van der Waals surface area contributed by atoms with Gasteiger partial charge in [-0.05, 0) is 51.0 Å². The molecule has 1 aromatic rings. The maximum atomic E-state index is 12.8. The summed E-state index contributed by atoms with van der Waals surface area (Å²) < 4.78 is 26.7. The minimum absolute atomic E-state index is 0.216. The van der Waals surface area contributed by atoms with Crippen molar-refractivity contribution in [3.8, 4) is 0 Å². The van der Waals surface area contributed by atoms with Crippen molar-refractivity contribution in [3.05, 3.63) is 24.3 Å². The summed E-state index contributed by atoms with van der Waals surface area (Å²) in [4.78, 5) is 14.6. The van der Waals surface area contributed by atoms with E-state index in [0.717, 1.165) is 23.1 Å². The molecule has 27 heavy (non-hydrogen) atoms. The van der Waals surface area contributed by atoms with Crippen molar-refractivity contribution < 1.29 is 13.2 Å². The summed E-state index contributed by atoms with van der Waals surface area (Å²) in [5.41, 5.74) is 7.70. The predicted molar refractivity (Wildman–Crippen MR) is 107 cm³/mol. The van der Waals surface area contributed by atoms with E-state index in [1.165, 1.54) is 19.9 Å². The Balaban J connectivity index is 1.58. The maximum Gasteiger partial charge on any atom is 0.239 e. The summed E-state index contributed by atoms with van der Waals surface area (Å²) in [5.74, 6) is -0.353. The number of hydrogen-bond donors (Lipinski definition) is 3. The first kappa shape index (κ1) is 20.1. The van der Waals surface area contributed by atoms with Crippen LogP contribution in [0, 0.1) is 0 Å². The molecular weight excluding hydrogens is 366 g/mol. The van der Waals surface area contributed by atoms with E-state index in [4.69, 9.17) is 0 Å². The Labute approximate surface area is 161 Å². The van der Waals surface area contributed by atoms with Crippen LogP contribution in [0.5, 0.6) is 0 Å². The molecule has 0 spiro atoms. The first-order valence-corrected chi connectivity index (χ1v) is 10.9. The quantitative estimate of drug-likeness (QED) is 0.658. The van der Waals surface area contributed by atoms with E-state index in [2.05, 4.69) is 21.1 Å². The maximum absolute atomic E-state index is 12.8. The van der Waals surface area contributed by atoms with Crippen LogP contribution in [-0.2, 0) is 14.8 Å². The zero-order valence-electron chi connectivity index (χ0n) is 16.1. The molecule has 1 amide bonds. The highest BCUT2D eigenvalue weighted by molar-refractivity contribution is 7.89. The summed E-state index contributed by atoms with van der Waals surface area (Å²) in [7, 11) is -2.15. The highest BCUT2D eigenvalue weighted by Crippen LogP contribution is 2.22. The van der Waals surface area contributed by atoms with Crippen LogP contribution in [0.4, 0.5) is 11.4 Å². The first-order chi connectivity index (χ1) is 12.8. The molecule has 150 valence electrons. The normalized spacial score (nSPS) is 25.9. The van der Waals surface area contributed by atoms with Crippen LogP contribution in [0.25, 0.3) is 0 Å². The van der Waals surface area contributed by atoms with Gasteiger partial charge in [0.2, 0.25) is 15.9 Å². The number of benzene rings is 1. The number of hydrazine groups is 1. The number of sulfonamides is 1. The van der Waals surface area contributed by atoms with Gasteiger partial charge >= 0.3 is 0 Å². The first-order valence-electron chi connectivity index (χ1n) is 9.40. The molecule has 8 nitrogen and oxygen atoms in total. The van der Waals surface area contributed by atoms with Crippen LogP contribution < -0.4 is 21.1 Å². The van der Waals surface area contributed by atoms with Crippen LogP contribution in [0.3, 0.4) is 0 Å². The molecule has 0 radical (unpaired) electrons. The molecular formula is C18H29N5O3S. The molecule has 2 aliphatic heterocycles. The van der Waals surface area contributed by atoms with Crippen LogP contribution in [0.15, 0.2) is 24.3 Å². The Morgan fingerprint density at radius 2 is 1.70 bits per heavy atom. The van der Waals surface area contributed by atoms with Crippen molar-refractivity contribution in [1.82, 2.24) is 15.2 Å². The van der Waals surface area contributed by atoms with E-state index in [-0.39, 0.29) is 24.5 Å². The van der Waals surface area contributed by atoms with Gasteiger partial charge < -0.3 is 10.2 Å². The van der Waals surface area contributed by atoms with Gasteiger partial charge in [-0.25, -0.2) is 8.42 Å². The predicted octanol–water partition coefficient (Wildman–Crippen LogP) is 0.740. The van der Waals surface area contributed by atoms with Crippen molar-refractivity contribution in [1.29, 1.82) is 0 Å². The minimum Gasteiger partial charge on any atom is -0.372 e. The number of likely N-dealkylation sites (N-methyl/N-ethyl adjacent to an activating group) is 1. The Bertz CT molecular complexity index is 752. The lowest BCUT2D eigenvalue weighted by atomic mass is 10.2. The van der Waals surface area contributed by atoms with Crippen molar-refractivity contribution in [2.24, 2.45) is 0 Å². The van der Waals surface area contributed by atoms with E-state index in [0.29, 0.717) is 5.69 Å². The van der Waals surface area contributed by atoms with Gasteiger partial charge in [0.05, 0.1) is 6.54 Å². The second-order valence-corrected chi connectivity index (χ2v) is 9.62. The molecule has 3 rings (SSSR count). The van der Waals surface area contributed by atoms with Crippen molar-refractivity contribution in [2.45, 2.75) is 44.0 Å². The number of carbonyl (C=O) groups is 1. The molecule has 2 fully saturated rings. The molecule has 9 heteroatoms. The molecule has 0 saturated carbocycles. The lowest BCUT2D eigenvalue weighted by Gasteiger charge is -2.25. The summed E-state index contributed by atoms with van der Waals surface area (Å²) in [5, 5.41) is 2.17. The smallest absolute Gasteiger partial charge is 0.239 e. The molecule has 2 saturated heterocycles. The van der Waals surface area contributed by atoms with Gasteiger partial charge in [-0.1, -0.05) is 0 Å². The number of amides is 1. The SMILES string of the molecule is CC1NNC(C)C1S(=O)(=O)N(C)CC(=O)Nc1ccc(N2CCCC2)cc1. The number of hydrogen-bond acceptors (Lipinski definition) is 6. The molecule has 0 bridgehead atoms. The minimum atomic E-state index is -3.60. The van der Waals surface area contributed by atoms with E-state index in [1.807, 2.05) is 38.1 Å². The largest absolute Gasteiger partial charge is 0.372 e. The van der Waals surface area contributed by atoms with Crippen molar-refractivity contribution in [3.63, 3.8) is 0 Å². The third-order valence-electron chi connectivity index (χ3n) is 5.29. The van der Waals surface area contributed by atoms with Crippen LogP contribution in [0.1, 0.15) is 26.7 Å². The lowest BCUT2D eigenvalue weighted by molar-refractivity contribution is -0.116. The van der Waals surface area contributed by atoms with Gasteiger partial charge in [0.1, 0.15) is 5.25 Å². The average molecular weight is 396 g/mol. The van der Waals surface area contributed by atoms with Crippen LogP contribution in [0.2, 0.25) is 0 Å². The lowest BCUT2D eigenvalue weighted by Crippen LogP contribution is -2.47. The number of anilines is 2. The zero-order valence-corrected chi connectivity index (χ0v) is 16.9. The van der Waals surface area contributed by atoms with E-state index >= 15 is 0 Å². The molecule has 2 heterocycles. The van der Waals surface area contributed by atoms with Gasteiger partial charge in [-0.2, -0.15) is 4.31 Å². The summed E-state index contributed by atoms with van der Waals surface area (Å²) in [6.07, 6.45) is 2.42. The van der Waals surface area contributed by atoms with Crippen molar-refractivity contribution >= 4 is 27.3 Å². The van der Waals surface area contributed by atoms with Crippen LogP contribution in [-0.4, -0.2) is 62.6 Å². The molecule has 0 aromatic heterocycles. The van der Waals surface area contributed by atoms with E-state index in [1.54, 1.807) is 0 Å². The highest BCUT2D eigenvalue weighted by atomic mass is 32.2. The third kappa shape index (κ3) is 4.43. The van der Waals surface area contributed by atoms with Gasteiger partial charge in [0.15, 0.2) is 0 Å². The number of rotatable bonds is 6. The van der Waals surface area contributed by atoms with Crippen molar-refractivity contribution in [2.75, 3.05) is 36.9 Å². The molecule has 0 aliphatic carbocycles. The fourth-order valence-electron chi connectivity index (χ4n) is 3.81. The number of nitrogens with zero attached hydrogens (tertiary/aromatic N) is 2. The van der Waals surface area contributed by atoms with Gasteiger partial charge in [-0.3, -0.25) is 15.6 Å². The Morgan fingerprint density at radius 1 is 1.15 bits per heavy atom. The Kier molecular flexibility index (Phi) is 6.05. The van der Waals surface area contributed by atoms with Gasteiger partial charge in [0.25, 0.3) is 0 Å². The standard InChI is InChI=1S/C18H29N5O3S/c1-13-18(14(2)21-20-13)27(25,26)22(3)12-17(24)19-15-6-8-16(9-7-15)23-10-4-5-11-23/h6-9,13-14,18,20-21H,4-5,10-12H2,1-3H3,(H,19,24). The van der Waals surface area contributed by atoms with Gasteiger partial charge in [0, 0.05) is 43.6 Å². The van der Waals surface area contributed by atoms with Crippen LogP contribution >= 0.6 is 0 Å². The molecule has 3 N–H and O–H groups in total. The van der Waals surface area contributed by atoms with Gasteiger partial charge in [-0.15, -0.1) is 0 Å². The molecule has 1 aromatic carbocycles. The second kappa shape index (κ2) is 8.14. The summed E-state index contributed by atoms with van der Waals surface area (Å²) >= 11 is 0. The monoisotopic (exact) mass is 395 g/mol. The molecule has 2 unspecified atom stereocenters. The van der Waals surface area contributed by atoms with E-state index < -0.39 is 15.3 Å². The highest BCUT2D eigenvalue weighted by Gasteiger charge is 2.42. The topological polar surface area (TPSA) is 93.8 Å². The zero-order chi connectivity index (χ0) is 19.6. The summed E-state index contributed by atoms with van der Waals surface area (Å²) in [6.45, 7) is 5.54. The number of nitrogens with one attached hydrogen (secondary N) is 3.